The summed E-state index contributed by atoms with van der Waals surface area (Å²) in [6.07, 6.45) is 1.51. The molecule has 108 valence electrons. The number of hydrogen-bond acceptors (Lipinski definition) is 5. The van der Waals surface area contributed by atoms with Gasteiger partial charge in [0.25, 0.3) is 0 Å². The molecule has 0 spiro atoms. The largest absolute Gasteiger partial charge is 0.463 e. The fraction of sp³-hybridized carbons (Fsp3) is 0.400. The Balaban J connectivity index is 1.94. The molecule has 0 aliphatic rings. The van der Waals surface area contributed by atoms with E-state index in [9.17, 15) is 4.79 Å². The van der Waals surface area contributed by atoms with Gasteiger partial charge in [-0.3, -0.25) is 0 Å². The summed E-state index contributed by atoms with van der Waals surface area (Å²) in [6, 6.07) is 5.99. The van der Waals surface area contributed by atoms with Gasteiger partial charge in [0.05, 0.1) is 13.4 Å². The Hall–Kier alpha value is -1.59. The van der Waals surface area contributed by atoms with Crippen LogP contribution in [-0.2, 0) is 16.7 Å². The monoisotopic (exact) mass is 293 g/mol. The smallest absolute Gasteiger partial charge is 0.374 e. The van der Waals surface area contributed by atoms with Crippen LogP contribution < -0.4 is 5.32 Å². The van der Waals surface area contributed by atoms with Crippen molar-refractivity contribution in [1.29, 1.82) is 0 Å². The maximum Gasteiger partial charge on any atom is 0.374 e. The summed E-state index contributed by atoms with van der Waals surface area (Å²) in [6.45, 7) is 5.79. The Labute approximate surface area is 122 Å². The van der Waals surface area contributed by atoms with E-state index >= 15 is 0 Å². The van der Waals surface area contributed by atoms with Gasteiger partial charge >= 0.3 is 5.97 Å². The van der Waals surface area contributed by atoms with Crippen molar-refractivity contribution in [2.75, 3.05) is 13.7 Å². The van der Waals surface area contributed by atoms with Crippen LogP contribution in [0.5, 0.6) is 0 Å². The van der Waals surface area contributed by atoms with Crippen LogP contribution >= 0.6 is 11.3 Å². The van der Waals surface area contributed by atoms with Crippen LogP contribution in [0.25, 0.3) is 0 Å². The van der Waals surface area contributed by atoms with E-state index in [1.54, 1.807) is 17.4 Å². The molecule has 0 aromatic carbocycles. The molecule has 0 amide bonds. The minimum atomic E-state index is -0.440. The van der Waals surface area contributed by atoms with Crippen LogP contribution in [0.4, 0.5) is 0 Å². The Bertz CT molecular complexity index is 557. The van der Waals surface area contributed by atoms with E-state index in [4.69, 9.17) is 4.42 Å². The van der Waals surface area contributed by atoms with Gasteiger partial charge in [0, 0.05) is 28.9 Å². The lowest BCUT2D eigenvalue weighted by atomic mass is 9.91. The van der Waals surface area contributed by atoms with Crippen LogP contribution in [0.1, 0.15) is 34.8 Å². The van der Waals surface area contributed by atoms with Crippen molar-refractivity contribution >= 4 is 17.3 Å². The minimum Gasteiger partial charge on any atom is -0.463 e. The van der Waals surface area contributed by atoms with Crippen molar-refractivity contribution in [1.82, 2.24) is 5.32 Å². The highest BCUT2D eigenvalue weighted by atomic mass is 32.1. The lowest BCUT2D eigenvalue weighted by molar-refractivity contribution is 0.0563. The fourth-order valence-corrected chi connectivity index (χ4v) is 2.86. The molecule has 0 aliphatic carbocycles. The third-order valence-corrected chi connectivity index (χ3v) is 4.42. The Morgan fingerprint density at radius 2 is 2.25 bits per heavy atom. The molecule has 0 radical (unpaired) electrons. The second kappa shape index (κ2) is 6.24. The third-order valence-electron chi connectivity index (χ3n) is 3.19. The van der Waals surface area contributed by atoms with Gasteiger partial charge in [-0.05, 0) is 17.5 Å². The number of carbonyl (C=O) groups excluding carboxylic acids is 1. The first-order valence-electron chi connectivity index (χ1n) is 6.44. The van der Waals surface area contributed by atoms with Crippen molar-refractivity contribution in [2.24, 2.45) is 0 Å². The van der Waals surface area contributed by atoms with Gasteiger partial charge in [-0.1, -0.05) is 19.9 Å². The Kier molecular flexibility index (Phi) is 4.62. The number of methoxy groups -OCH3 is 1. The lowest BCUT2D eigenvalue weighted by Crippen LogP contribution is -2.32. The standard InChI is InChI=1S/C15H19NO3S/c1-15(2,12-5-4-8-20-12)10-16-9-11-6-7-19-13(11)14(17)18-3/h4-8,16H,9-10H2,1-3H3. The first-order chi connectivity index (χ1) is 9.54. The number of esters is 1. The molecule has 2 aromatic rings. The van der Waals surface area contributed by atoms with Crippen LogP contribution in [0.15, 0.2) is 34.3 Å². The third kappa shape index (κ3) is 3.29. The van der Waals surface area contributed by atoms with E-state index in [1.165, 1.54) is 18.3 Å². The average molecular weight is 293 g/mol. The molecule has 0 unspecified atom stereocenters. The molecule has 5 heteroatoms. The number of rotatable bonds is 6. The van der Waals surface area contributed by atoms with Gasteiger partial charge in [-0.2, -0.15) is 0 Å². The van der Waals surface area contributed by atoms with Crippen molar-refractivity contribution < 1.29 is 13.9 Å². The normalized spacial score (nSPS) is 11.6. The van der Waals surface area contributed by atoms with E-state index in [0.717, 1.165) is 12.1 Å². The first kappa shape index (κ1) is 14.8. The van der Waals surface area contributed by atoms with Crippen LogP contribution in [0, 0.1) is 0 Å². The predicted octanol–water partition coefficient (Wildman–Crippen LogP) is 3.20. The van der Waals surface area contributed by atoms with Crippen LogP contribution in [-0.4, -0.2) is 19.6 Å². The quantitative estimate of drug-likeness (QED) is 0.831. The van der Waals surface area contributed by atoms with Gasteiger partial charge in [0.15, 0.2) is 0 Å². The number of ether oxygens (including phenoxy) is 1. The molecule has 2 aromatic heterocycles. The van der Waals surface area contributed by atoms with Gasteiger partial charge in [0.1, 0.15) is 0 Å². The molecule has 0 saturated carbocycles. The maximum atomic E-state index is 11.5. The minimum absolute atomic E-state index is 0.0589. The van der Waals surface area contributed by atoms with E-state index in [1.807, 2.05) is 0 Å². The van der Waals surface area contributed by atoms with E-state index in [2.05, 4.69) is 41.4 Å². The number of thiophene rings is 1. The van der Waals surface area contributed by atoms with E-state index < -0.39 is 5.97 Å². The summed E-state index contributed by atoms with van der Waals surface area (Å²) >= 11 is 1.76. The lowest BCUT2D eigenvalue weighted by Gasteiger charge is -2.23. The zero-order valence-corrected chi connectivity index (χ0v) is 12.8. The molecule has 0 aliphatic heterocycles. The highest BCUT2D eigenvalue weighted by Gasteiger charge is 2.22. The van der Waals surface area contributed by atoms with Gasteiger partial charge < -0.3 is 14.5 Å². The second-order valence-corrected chi connectivity index (χ2v) is 6.18. The van der Waals surface area contributed by atoms with Crippen molar-refractivity contribution in [3.8, 4) is 0 Å². The Morgan fingerprint density at radius 3 is 2.90 bits per heavy atom. The molecule has 2 rings (SSSR count). The molecule has 0 fully saturated rings. The predicted molar refractivity (Wildman–Crippen MR) is 79.1 cm³/mol. The highest BCUT2D eigenvalue weighted by molar-refractivity contribution is 7.10. The molecule has 0 saturated heterocycles. The number of furan rings is 1. The molecule has 0 atom stereocenters. The van der Waals surface area contributed by atoms with Gasteiger partial charge in [-0.15, -0.1) is 11.3 Å². The molecular weight excluding hydrogens is 274 g/mol. The molecule has 20 heavy (non-hydrogen) atoms. The van der Waals surface area contributed by atoms with Gasteiger partial charge in [0.2, 0.25) is 5.76 Å². The summed E-state index contributed by atoms with van der Waals surface area (Å²) in [4.78, 5) is 12.8. The number of carbonyl (C=O) groups is 1. The summed E-state index contributed by atoms with van der Waals surface area (Å²) in [7, 11) is 1.35. The van der Waals surface area contributed by atoms with Crippen LogP contribution in [0.3, 0.4) is 0 Å². The molecule has 1 N–H and O–H groups in total. The average Bonchev–Trinajstić information content (AvgIpc) is 3.09. The van der Waals surface area contributed by atoms with Crippen molar-refractivity contribution in [3.05, 3.63) is 46.0 Å². The molecular formula is C15H19NO3S. The number of nitrogens with one attached hydrogen (secondary N) is 1. The van der Waals surface area contributed by atoms with Crippen molar-refractivity contribution in [2.45, 2.75) is 25.8 Å². The summed E-state index contributed by atoms with van der Waals surface area (Å²) in [5, 5.41) is 5.46. The molecule has 2 heterocycles. The van der Waals surface area contributed by atoms with Crippen LogP contribution in [0.2, 0.25) is 0 Å². The molecule has 0 bridgehead atoms. The highest BCUT2D eigenvalue weighted by Crippen LogP contribution is 2.26. The summed E-state index contributed by atoms with van der Waals surface area (Å²) < 4.78 is 9.84. The van der Waals surface area contributed by atoms with E-state index in [-0.39, 0.29) is 11.2 Å². The Morgan fingerprint density at radius 1 is 1.45 bits per heavy atom. The SMILES string of the molecule is COC(=O)c1occc1CNCC(C)(C)c1cccs1. The van der Waals surface area contributed by atoms with E-state index in [0.29, 0.717) is 6.54 Å². The molecule has 4 nitrogen and oxygen atoms in total. The van der Waals surface area contributed by atoms with Gasteiger partial charge in [-0.25, -0.2) is 4.79 Å². The first-order valence-corrected chi connectivity index (χ1v) is 7.32. The van der Waals surface area contributed by atoms with Crippen molar-refractivity contribution in [3.63, 3.8) is 0 Å². The number of hydrogen-bond donors (Lipinski definition) is 1. The second-order valence-electron chi connectivity index (χ2n) is 5.23. The summed E-state index contributed by atoms with van der Waals surface area (Å²) in [5.74, 6) is -0.168. The fourth-order valence-electron chi connectivity index (χ4n) is 2.01. The summed E-state index contributed by atoms with van der Waals surface area (Å²) in [5.41, 5.74) is 0.877. The zero-order chi connectivity index (χ0) is 14.6. The zero-order valence-electron chi connectivity index (χ0n) is 11.9. The maximum absolute atomic E-state index is 11.5. The topological polar surface area (TPSA) is 51.5 Å².